The van der Waals surface area contributed by atoms with E-state index < -0.39 is 15.8 Å². The molecule has 1 rings (SSSR count). The molecule has 0 saturated heterocycles. The number of hydrogen-bond donors (Lipinski definition) is 1. The van der Waals surface area contributed by atoms with Gasteiger partial charge >= 0.3 is 0 Å². The Morgan fingerprint density at radius 3 is 2.60 bits per heavy atom. The van der Waals surface area contributed by atoms with Gasteiger partial charge in [0.25, 0.3) is 0 Å². The van der Waals surface area contributed by atoms with Crippen LogP contribution in [0.5, 0.6) is 0 Å². The Labute approximate surface area is 122 Å². The fourth-order valence-corrected chi connectivity index (χ4v) is 3.85. The molecular formula is C12H15ClFN3O2S. The molecular weight excluding hydrogens is 305 g/mol. The smallest absolute Gasteiger partial charge is 0.244 e. The summed E-state index contributed by atoms with van der Waals surface area (Å²) >= 11 is 5.80. The van der Waals surface area contributed by atoms with E-state index in [2.05, 4.69) is 0 Å². The van der Waals surface area contributed by atoms with E-state index in [1.165, 1.54) is 0 Å². The highest BCUT2D eigenvalue weighted by Crippen LogP contribution is 2.29. The summed E-state index contributed by atoms with van der Waals surface area (Å²) in [7, 11) is -3.94. The zero-order valence-electron chi connectivity index (χ0n) is 11.1. The van der Waals surface area contributed by atoms with E-state index in [1.807, 2.05) is 6.07 Å². The lowest BCUT2D eigenvalue weighted by atomic mass is 10.3. The molecule has 110 valence electrons. The van der Waals surface area contributed by atoms with Crippen molar-refractivity contribution in [3.05, 3.63) is 23.0 Å². The first-order valence-electron chi connectivity index (χ1n) is 5.85. The molecule has 0 radical (unpaired) electrons. The predicted molar refractivity (Wildman–Crippen MR) is 75.1 cm³/mol. The average Bonchev–Trinajstić information content (AvgIpc) is 2.33. The second-order valence-corrected chi connectivity index (χ2v) is 6.69. The summed E-state index contributed by atoms with van der Waals surface area (Å²) in [5.41, 5.74) is 5.10. The van der Waals surface area contributed by atoms with Crippen molar-refractivity contribution >= 4 is 27.3 Å². The van der Waals surface area contributed by atoms with Gasteiger partial charge in [-0.1, -0.05) is 11.6 Å². The zero-order chi connectivity index (χ0) is 15.5. The van der Waals surface area contributed by atoms with Crippen LogP contribution in [0, 0.1) is 17.1 Å². The number of halogens is 2. The van der Waals surface area contributed by atoms with E-state index in [1.54, 1.807) is 13.8 Å². The Kier molecular flexibility index (Phi) is 5.34. The normalized spacial score (nSPS) is 11.8. The molecule has 0 spiro atoms. The number of hydrogen-bond acceptors (Lipinski definition) is 4. The third-order valence-corrected chi connectivity index (χ3v) is 5.20. The first-order valence-corrected chi connectivity index (χ1v) is 7.67. The number of benzene rings is 1. The van der Waals surface area contributed by atoms with Gasteiger partial charge in [0.15, 0.2) is 0 Å². The van der Waals surface area contributed by atoms with E-state index >= 15 is 0 Å². The molecule has 0 aliphatic carbocycles. The summed E-state index contributed by atoms with van der Waals surface area (Å²) in [6.07, 6.45) is 0.0473. The summed E-state index contributed by atoms with van der Waals surface area (Å²) in [6.45, 7) is 3.38. The van der Waals surface area contributed by atoms with Gasteiger partial charge in [-0.25, -0.2) is 12.8 Å². The third kappa shape index (κ3) is 3.39. The summed E-state index contributed by atoms with van der Waals surface area (Å²) in [6, 6.07) is 3.39. The molecule has 0 aliphatic heterocycles. The maximum Gasteiger partial charge on any atom is 0.244 e. The summed E-state index contributed by atoms with van der Waals surface area (Å²) in [4.78, 5) is -0.260. The van der Waals surface area contributed by atoms with Gasteiger partial charge in [0.1, 0.15) is 10.7 Å². The van der Waals surface area contributed by atoms with Gasteiger partial charge in [-0.05, 0) is 26.0 Å². The molecule has 2 N–H and O–H groups in total. The lowest BCUT2D eigenvalue weighted by Crippen LogP contribution is -2.37. The molecule has 0 aliphatic rings. The van der Waals surface area contributed by atoms with Crippen LogP contribution in [0.2, 0.25) is 5.02 Å². The van der Waals surface area contributed by atoms with Crippen LogP contribution in [-0.4, -0.2) is 25.3 Å². The molecule has 1 aromatic rings. The average molecular weight is 320 g/mol. The Balaban J connectivity index is 3.34. The van der Waals surface area contributed by atoms with Gasteiger partial charge in [0.2, 0.25) is 10.0 Å². The standard InChI is InChI=1S/C12H15ClFN3O2S/c1-8(2)17(5-3-4-15)20(18,19)12-7-11(16)10(14)6-9(12)13/h6-8H,3,5,16H2,1-2H3. The monoisotopic (exact) mass is 319 g/mol. The van der Waals surface area contributed by atoms with Crippen molar-refractivity contribution in [3.8, 4) is 6.07 Å². The minimum atomic E-state index is -3.94. The number of nitriles is 1. The molecule has 0 bridgehead atoms. The number of nitrogens with two attached hydrogens (primary N) is 1. The van der Waals surface area contributed by atoms with E-state index in [-0.39, 0.29) is 34.6 Å². The van der Waals surface area contributed by atoms with E-state index in [4.69, 9.17) is 22.6 Å². The Morgan fingerprint density at radius 2 is 2.10 bits per heavy atom. The van der Waals surface area contributed by atoms with Crippen LogP contribution in [0.1, 0.15) is 20.3 Å². The Bertz CT molecular complexity index is 641. The number of nitrogen functional groups attached to an aromatic ring is 1. The molecule has 1 aromatic carbocycles. The number of anilines is 1. The maximum atomic E-state index is 13.2. The van der Waals surface area contributed by atoms with Gasteiger partial charge in [-0.3, -0.25) is 0 Å². The van der Waals surface area contributed by atoms with E-state index in [9.17, 15) is 12.8 Å². The van der Waals surface area contributed by atoms with Gasteiger partial charge < -0.3 is 5.73 Å². The topological polar surface area (TPSA) is 87.2 Å². The van der Waals surface area contributed by atoms with Gasteiger partial charge in [-0.15, -0.1) is 0 Å². The quantitative estimate of drug-likeness (QED) is 0.844. The van der Waals surface area contributed by atoms with Crippen molar-refractivity contribution in [1.29, 1.82) is 5.26 Å². The fraction of sp³-hybridized carbons (Fsp3) is 0.417. The molecule has 0 amide bonds. The van der Waals surface area contributed by atoms with Crippen molar-refractivity contribution in [2.75, 3.05) is 12.3 Å². The largest absolute Gasteiger partial charge is 0.396 e. The lowest BCUT2D eigenvalue weighted by molar-refractivity contribution is 0.360. The SMILES string of the molecule is CC(C)N(CCC#N)S(=O)(=O)c1cc(N)c(F)cc1Cl. The third-order valence-electron chi connectivity index (χ3n) is 2.66. The van der Waals surface area contributed by atoms with Crippen molar-refractivity contribution < 1.29 is 12.8 Å². The molecule has 8 heteroatoms. The summed E-state index contributed by atoms with van der Waals surface area (Å²) in [5, 5.41) is 8.36. The van der Waals surface area contributed by atoms with Crippen LogP contribution in [0.15, 0.2) is 17.0 Å². The number of rotatable bonds is 5. The van der Waals surface area contributed by atoms with Crippen LogP contribution < -0.4 is 5.73 Å². The molecule has 0 heterocycles. The second-order valence-electron chi connectivity index (χ2n) is 4.42. The predicted octanol–water partition coefficient (Wildman–Crippen LogP) is 2.37. The Hall–Kier alpha value is -1.36. The molecule has 0 aromatic heterocycles. The van der Waals surface area contributed by atoms with Crippen LogP contribution >= 0.6 is 11.6 Å². The molecule has 20 heavy (non-hydrogen) atoms. The minimum Gasteiger partial charge on any atom is -0.396 e. The van der Waals surface area contributed by atoms with Crippen molar-refractivity contribution in [2.24, 2.45) is 0 Å². The molecule has 5 nitrogen and oxygen atoms in total. The number of nitrogens with zero attached hydrogens (tertiary/aromatic N) is 2. The van der Waals surface area contributed by atoms with Crippen molar-refractivity contribution in [3.63, 3.8) is 0 Å². The molecule has 0 unspecified atom stereocenters. The maximum absolute atomic E-state index is 13.2. The highest BCUT2D eigenvalue weighted by molar-refractivity contribution is 7.89. The van der Waals surface area contributed by atoms with Crippen LogP contribution in [-0.2, 0) is 10.0 Å². The van der Waals surface area contributed by atoms with Crippen LogP contribution in [0.3, 0.4) is 0 Å². The fourth-order valence-electron chi connectivity index (χ4n) is 1.68. The van der Waals surface area contributed by atoms with Gasteiger partial charge in [0.05, 0.1) is 16.8 Å². The Morgan fingerprint density at radius 1 is 1.50 bits per heavy atom. The highest BCUT2D eigenvalue weighted by atomic mass is 35.5. The molecule has 0 fully saturated rings. The first-order chi connectivity index (χ1) is 9.21. The molecule has 0 saturated carbocycles. The van der Waals surface area contributed by atoms with Gasteiger partial charge in [0, 0.05) is 19.0 Å². The summed E-state index contributed by atoms with van der Waals surface area (Å²) in [5.74, 6) is -0.776. The van der Waals surface area contributed by atoms with E-state index in [0.29, 0.717) is 0 Å². The zero-order valence-corrected chi connectivity index (χ0v) is 12.7. The minimum absolute atomic E-state index is 0.0319. The van der Waals surface area contributed by atoms with E-state index in [0.717, 1.165) is 16.4 Å². The second kappa shape index (κ2) is 6.39. The molecule has 0 atom stereocenters. The number of sulfonamides is 1. The lowest BCUT2D eigenvalue weighted by Gasteiger charge is -2.25. The van der Waals surface area contributed by atoms with Crippen molar-refractivity contribution in [1.82, 2.24) is 4.31 Å². The highest BCUT2D eigenvalue weighted by Gasteiger charge is 2.29. The van der Waals surface area contributed by atoms with Crippen LogP contribution in [0.4, 0.5) is 10.1 Å². The van der Waals surface area contributed by atoms with Crippen molar-refractivity contribution in [2.45, 2.75) is 31.2 Å². The van der Waals surface area contributed by atoms with Crippen LogP contribution in [0.25, 0.3) is 0 Å². The van der Waals surface area contributed by atoms with Gasteiger partial charge in [-0.2, -0.15) is 9.57 Å². The summed E-state index contributed by atoms with van der Waals surface area (Å²) < 4.78 is 39.4. The first kappa shape index (κ1) is 16.7.